The van der Waals surface area contributed by atoms with Crippen molar-refractivity contribution in [2.24, 2.45) is 0 Å². The Bertz CT molecular complexity index is 545. The molecule has 0 aliphatic carbocycles. The van der Waals surface area contributed by atoms with E-state index in [1.165, 1.54) is 17.8 Å². The van der Waals surface area contributed by atoms with E-state index in [1.54, 1.807) is 26.2 Å². The van der Waals surface area contributed by atoms with E-state index in [0.29, 0.717) is 22.2 Å². The van der Waals surface area contributed by atoms with E-state index < -0.39 is 0 Å². The van der Waals surface area contributed by atoms with E-state index in [9.17, 15) is 4.39 Å². The Labute approximate surface area is 109 Å². The molecule has 0 saturated carbocycles. The van der Waals surface area contributed by atoms with Crippen LogP contribution in [-0.2, 0) is 4.74 Å². The maximum absolute atomic E-state index is 13.6. The lowest BCUT2D eigenvalue weighted by atomic mass is 10.2. The largest absolute Gasteiger partial charge is 0.372 e. The molecule has 0 fully saturated rings. The molecule has 0 N–H and O–H groups in total. The lowest BCUT2D eigenvalue weighted by Crippen LogP contribution is -1.95. The second-order valence-corrected chi connectivity index (χ2v) is 4.53. The van der Waals surface area contributed by atoms with Gasteiger partial charge in [-0.3, -0.25) is 0 Å². The summed E-state index contributed by atoms with van der Waals surface area (Å²) in [6, 6.07) is 4.87. The fourth-order valence-corrected chi connectivity index (χ4v) is 1.88. The molecule has 1 unspecified atom stereocenters. The number of aromatic nitrogens is 2. The van der Waals surface area contributed by atoms with Gasteiger partial charge in [-0.05, 0) is 31.4 Å². The number of hydrogen-bond acceptors (Lipinski definition) is 5. The summed E-state index contributed by atoms with van der Waals surface area (Å²) in [5.74, 6) is 0.452. The number of halogens is 1. The van der Waals surface area contributed by atoms with Crippen molar-refractivity contribution in [3.8, 4) is 11.4 Å². The molecular weight excluding hydrogens is 255 g/mol. The van der Waals surface area contributed by atoms with E-state index in [4.69, 9.17) is 9.26 Å². The predicted molar refractivity (Wildman–Crippen MR) is 66.9 cm³/mol. The normalized spacial score (nSPS) is 12.7. The number of benzene rings is 1. The zero-order chi connectivity index (χ0) is 13.1. The fourth-order valence-electron chi connectivity index (χ4n) is 1.42. The molecule has 0 spiro atoms. The highest BCUT2D eigenvalue weighted by atomic mass is 32.2. The Morgan fingerprint density at radius 2 is 2.22 bits per heavy atom. The standard InChI is InChI=1S/C12H13FN2O2S/c1-7(16-2)12-14-11(15-17-12)8-4-5-10(18-3)9(13)6-8/h4-7H,1-3H3. The molecule has 0 aliphatic heterocycles. The van der Waals surface area contributed by atoms with Crippen molar-refractivity contribution in [1.82, 2.24) is 10.1 Å². The highest BCUT2D eigenvalue weighted by molar-refractivity contribution is 7.98. The van der Waals surface area contributed by atoms with Crippen molar-refractivity contribution in [2.45, 2.75) is 17.9 Å². The average molecular weight is 268 g/mol. The van der Waals surface area contributed by atoms with E-state index in [2.05, 4.69) is 10.1 Å². The van der Waals surface area contributed by atoms with Crippen molar-refractivity contribution in [2.75, 3.05) is 13.4 Å². The lowest BCUT2D eigenvalue weighted by molar-refractivity contribution is 0.0886. The van der Waals surface area contributed by atoms with Gasteiger partial charge in [-0.2, -0.15) is 4.98 Å². The Morgan fingerprint density at radius 3 is 2.83 bits per heavy atom. The first-order valence-corrected chi connectivity index (χ1v) is 6.58. The summed E-state index contributed by atoms with van der Waals surface area (Å²) in [5.41, 5.74) is 0.587. The summed E-state index contributed by atoms with van der Waals surface area (Å²) in [7, 11) is 1.56. The molecular formula is C12H13FN2O2S. The lowest BCUT2D eigenvalue weighted by Gasteiger charge is -2.01. The second-order valence-electron chi connectivity index (χ2n) is 3.68. The van der Waals surface area contributed by atoms with Crippen LogP contribution in [0.25, 0.3) is 11.4 Å². The maximum Gasteiger partial charge on any atom is 0.255 e. The molecule has 1 atom stereocenters. The number of hydrogen-bond donors (Lipinski definition) is 0. The Hall–Kier alpha value is -1.40. The van der Waals surface area contributed by atoms with Crippen LogP contribution in [0, 0.1) is 5.82 Å². The van der Waals surface area contributed by atoms with Gasteiger partial charge < -0.3 is 9.26 Å². The first-order chi connectivity index (χ1) is 8.65. The van der Waals surface area contributed by atoms with Crippen LogP contribution in [0.2, 0.25) is 0 Å². The van der Waals surface area contributed by atoms with Crippen molar-refractivity contribution >= 4 is 11.8 Å². The van der Waals surface area contributed by atoms with Crippen LogP contribution in [-0.4, -0.2) is 23.5 Å². The Kier molecular flexibility index (Phi) is 3.98. The van der Waals surface area contributed by atoms with Crippen LogP contribution >= 0.6 is 11.8 Å². The van der Waals surface area contributed by atoms with E-state index >= 15 is 0 Å². The molecule has 2 aromatic rings. The Morgan fingerprint density at radius 1 is 1.44 bits per heavy atom. The van der Waals surface area contributed by atoms with E-state index in [0.717, 1.165) is 0 Å². The van der Waals surface area contributed by atoms with Gasteiger partial charge in [-0.1, -0.05) is 5.16 Å². The quantitative estimate of drug-likeness (QED) is 0.796. The molecule has 1 aromatic carbocycles. The van der Waals surface area contributed by atoms with Gasteiger partial charge in [-0.25, -0.2) is 4.39 Å². The zero-order valence-electron chi connectivity index (χ0n) is 10.3. The zero-order valence-corrected chi connectivity index (χ0v) is 11.1. The molecule has 0 radical (unpaired) electrons. The molecule has 6 heteroatoms. The third-order valence-electron chi connectivity index (χ3n) is 2.55. The van der Waals surface area contributed by atoms with Crippen molar-refractivity contribution < 1.29 is 13.7 Å². The number of ether oxygens (including phenoxy) is 1. The minimum absolute atomic E-state index is 0.276. The number of methoxy groups -OCH3 is 1. The average Bonchev–Trinajstić information content (AvgIpc) is 2.87. The number of thioether (sulfide) groups is 1. The molecule has 4 nitrogen and oxygen atoms in total. The molecule has 0 aliphatic rings. The van der Waals surface area contributed by atoms with Gasteiger partial charge in [-0.15, -0.1) is 11.8 Å². The molecule has 2 rings (SSSR count). The SMILES string of the molecule is COC(C)c1nc(-c2ccc(SC)c(F)c2)no1. The second kappa shape index (κ2) is 5.49. The first kappa shape index (κ1) is 13.0. The molecule has 0 saturated heterocycles. The third-order valence-corrected chi connectivity index (χ3v) is 3.32. The first-order valence-electron chi connectivity index (χ1n) is 5.36. The minimum Gasteiger partial charge on any atom is -0.372 e. The van der Waals surface area contributed by atoms with Gasteiger partial charge in [0, 0.05) is 17.6 Å². The van der Waals surface area contributed by atoms with Gasteiger partial charge >= 0.3 is 0 Å². The summed E-state index contributed by atoms with van der Waals surface area (Å²) < 4.78 is 23.8. The highest BCUT2D eigenvalue weighted by Gasteiger charge is 2.15. The van der Waals surface area contributed by atoms with Crippen molar-refractivity contribution in [3.05, 3.63) is 29.9 Å². The van der Waals surface area contributed by atoms with Crippen LogP contribution in [0.4, 0.5) is 4.39 Å². The van der Waals surface area contributed by atoms with Gasteiger partial charge in [0.15, 0.2) is 0 Å². The summed E-state index contributed by atoms with van der Waals surface area (Å²) in [4.78, 5) is 4.76. The van der Waals surface area contributed by atoms with Gasteiger partial charge in [0.05, 0.1) is 0 Å². The van der Waals surface area contributed by atoms with Gasteiger partial charge in [0.2, 0.25) is 5.82 Å². The van der Waals surface area contributed by atoms with E-state index in [-0.39, 0.29) is 11.9 Å². The van der Waals surface area contributed by atoms with E-state index in [1.807, 2.05) is 6.26 Å². The van der Waals surface area contributed by atoms with Crippen LogP contribution in [0.15, 0.2) is 27.6 Å². The van der Waals surface area contributed by atoms with Crippen LogP contribution in [0.1, 0.15) is 18.9 Å². The van der Waals surface area contributed by atoms with Crippen LogP contribution in [0.3, 0.4) is 0 Å². The summed E-state index contributed by atoms with van der Waals surface area (Å²) in [6.07, 6.45) is 1.55. The monoisotopic (exact) mass is 268 g/mol. The third kappa shape index (κ3) is 2.54. The van der Waals surface area contributed by atoms with Gasteiger partial charge in [0.25, 0.3) is 5.89 Å². The maximum atomic E-state index is 13.6. The fraction of sp³-hybridized carbons (Fsp3) is 0.333. The summed E-state index contributed by atoms with van der Waals surface area (Å²) in [5, 5.41) is 3.81. The number of nitrogens with zero attached hydrogens (tertiary/aromatic N) is 2. The van der Waals surface area contributed by atoms with Gasteiger partial charge in [0.1, 0.15) is 11.9 Å². The van der Waals surface area contributed by atoms with Crippen molar-refractivity contribution in [1.29, 1.82) is 0 Å². The van der Waals surface area contributed by atoms with Crippen LogP contribution < -0.4 is 0 Å². The predicted octanol–water partition coefficient (Wildman–Crippen LogP) is 3.31. The van der Waals surface area contributed by atoms with Crippen LogP contribution in [0.5, 0.6) is 0 Å². The minimum atomic E-state index is -0.286. The smallest absolute Gasteiger partial charge is 0.255 e. The Balaban J connectivity index is 2.31. The van der Waals surface area contributed by atoms with Crippen molar-refractivity contribution in [3.63, 3.8) is 0 Å². The number of rotatable bonds is 4. The molecule has 1 aromatic heterocycles. The summed E-state index contributed by atoms with van der Waals surface area (Å²) in [6.45, 7) is 1.80. The molecule has 96 valence electrons. The molecule has 0 bridgehead atoms. The molecule has 0 amide bonds. The molecule has 1 heterocycles. The topological polar surface area (TPSA) is 48.2 Å². The summed E-state index contributed by atoms with van der Waals surface area (Å²) >= 11 is 1.35. The highest BCUT2D eigenvalue weighted by Crippen LogP contribution is 2.25. The molecule has 18 heavy (non-hydrogen) atoms.